The van der Waals surface area contributed by atoms with Crippen molar-refractivity contribution >= 4 is 17.7 Å². The Kier molecular flexibility index (Phi) is 6.18. The van der Waals surface area contributed by atoms with Gasteiger partial charge in [-0.2, -0.15) is 4.68 Å². The zero-order valence-electron chi connectivity index (χ0n) is 15.1. The number of amides is 1. The van der Waals surface area contributed by atoms with E-state index >= 15 is 0 Å². The maximum Gasteiger partial charge on any atom is 0.240 e. The molecule has 0 spiro atoms. The Morgan fingerprint density at radius 2 is 1.89 bits per heavy atom. The normalized spacial score (nSPS) is 12.0. The van der Waals surface area contributed by atoms with Crippen LogP contribution in [0.15, 0.2) is 59.8 Å². The van der Waals surface area contributed by atoms with E-state index in [4.69, 9.17) is 0 Å². The van der Waals surface area contributed by atoms with Crippen LogP contribution in [0.2, 0.25) is 0 Å². The number of benzene rings is 2. The number of likely N-dealkylation sites (N-methyl/N-ethyl adjacent to an activating group) is 1. The molecule has 0 bridgehead atoms. The number of hydrogen-bond acceptors (Lipinski definition) is 5. The predicted molar refractivity (Wildman–Crippen MR) is 102 cm³/mol. The Balaban J connectivity index is 1.96. The molecule has 0 N–H and O–H groups in total. The molecule has 1 amide bonds. The molecule has 2 aromatic carbocycles. The summed E-state index contributed by atoms with van der Waals surface area (Å²) in [6.45, 7) is 5.14. The van der Waals surface area contributed by atoms with Crippen molar-refractivity contribution in [3.05, 3.63) is 66.0 Å². The number of tetrazole rings is 1. The van der Waals surface area contributed by atoms with E-state index in [2.05, 4.69) is 15.5 Å². The Morgan fingerprint density at radius 1 is 1.15 bits per heavy atom. The smallest absolute Gasteiger partial charge is 0.240 e. The molecule has 27 heavy (non-hydrogen) atoms. The molecule has 1 unspecified atom stereocenters. The van der Waals surface area contributed by atoms with Crippen molar-refractivity contribution in [2.45, 2.75) is 24.3 Å². The van der Waals surface area contributed by atoms with Crippen LogP contribution in [0.1, 0.15) is 24.7 Å². The highest BCUT2D eigenvalue weighted by molar-refractivity contribution is 8.00. The van der Waals surface area contributed by atoms with Crippen LogP contribution in [0.3, 0.4) is 0 Å². The SMILES string of the molecule is CCN(CC)C(=O)C(Sc1nnnn1-c1cccc(F)c1)c1ccccc1. The number of rotatable bonds is 7. The van der Waals surface area contributed by atoms with E-state index < -0.39 is 5.25 Å². The van der Waals surface area contributed by atoms with Crippen LogP contribution in [0.5, 0.6) is 0 Å². The van der Waals surface area contributed by atoms with Crippen LogP contribution in [0.4, 0.5) is 4.39 Å². The first-order chi connectivity index (χ1) is 13.1. The molecule has 0 fully saturated rings. The zero-order chi connectivity index (χ0) is 19.2. The number of hydrogen-bond donors (Lipinski definition) is 0. The summed E-state index contributed by atoms with van der Waals surface area (Å²) in [5, 5.41) is 11.7. The van der Waals surface area contributed by atoms with Crippen molar-refractivity contribution in [3.8, 4) is 5.69 Å². The van der Waals surface area contributed by atoms with Gasteiger partial charge in [-0.1, -0.05) is 48.2 Å². The van der Waals surface area contributed by atoms with E-state index in [0.717, 1.165) is 5.56 Å². The molecule has 1 aromatic heterocycles. The highest BCUT2D eigenvalue weighted by atomic mass is 32.2. The average molecular weight is 385 g/mol. The quantitative estimate of drug-likeness (QED) is 0.583. The topological polar surface area (TPSA) is 63.9 Å². The third-order valence-corrected chi connectivity index (χ3v) is 5.29. The summed E-state index contributed by atoms with van der Waals surface area (Å²) < 4.78 is 15.0. The summed E-state index contributed by atoms with van der Waals surface area (Å²) in [6, 6.07) is 15.5. The fraction of sp³-hybridized carbons (Fsp3) is 0.263. The van der Waals surface area contributed by atoms with Crippen LogP contribution >= 0.6 is 11.8 Å². The molecular weight excluding hydrogens is 365 g/mol. The summed E-state index contributed by atoms with van der Waals surface area (Å²) in [7, 11) is 0. The molecule has 8 heteroatoms. The lowest BCUT2D eigenvalue weighted by atomic mass is 10.1. The highest BCUT2D eigenvalue weighted by Crippen LogP contribution is 2.36. The second-order valence-electron chi connectivity index (χ2n) is 5.77. The van der Waals surface area contributed by atoms with Crippen molar-refractivity contribution in [3.63, 3.8) is 0 Å². The van der Waals surface area contributed by atoms with Gasteiger partial charge in [-0.05, 0) is 48.0 Å². The second-order valence-corrected chi connectivity index (χ2v) is 6.84. The summed E-state index contributed by atoms with van der Waals surface area (Å²) in [6.07, 6.45) is 0. The van der Waals surface area contributed by atoms with Crippen LogP contribution in [0, 0.1) is 5.82 Å². The molecule has 1 heterocycles. The van der Waals surface area contributed by atoms with E-state index in [-0.39, 0.29) is 11.7 Å². The maximum absolute atomic E-state index is 13.6. The molecular formula is C19H20FN5OS. The van der Waals surface area contributed by atoms with Crippen LogP contribution in [-0.2, 0) is 4.79 Å². The van der Waals surface area contributed by atoms with Crippen molar-refractivity contribution in [2.24, 2.45) is 0 Å². The van der Waals surface area contributed by atoms with Crippen molar-refractivity contribution < 1.29 is 9.18 Å². The van der Waals surface area contributed by atoms with E-state index in [0.29, 0.717) is 23.9 Å². The van der Waals surface area contributed by atoms with Crippen LogP contribution in [0.25, 0.3) is 5.69 Å². The first-order valence-electron chi connectivity index (χ1n) is 8.68. The molecule has 6 nitrogen and oxygen atoms in total. The summed E-state index contributed by atoms with van der Waals surface area (Å²) in [4.78, 5) is 14.9. The third kappa shape index (κ3) is 4.33. The van der Waals surface area contributed by atoms with E-state index in [1.807, 2.05) is 44.2 Å². The number of carbonyl (C=O) groups is 1. The van der Waals surface area contributed by atoms with Crippen molar-refractivity contribution in [2.75, 3.05) is 13.1 Å². The van der Waals surface area contributed by atoms with E-state index in [1.54, 1.807) is 17.0 Å². The van der Waals surface area contributed by atoms with Crippen LogP contribution in [-0.4, -0.2) is 44.1 Å². The molecule has 3 rings (SSSR count). The highest BCUT2D eigenvalue weighted by Gasteiger charge is 2.28. The number of thioether (sulfide) groups is 1. The lowest BCUT2D eigenvalue weighted by molar-refractivity contribution is -0.130. The Morgan fingerprint density at radius 3 is 2.56 bits per heavy atom. The Hall–Kier alpha value is -2.74. The van der Waals surface area contributed by atoms with Crippen LogP contribution < -0.4 is 0 Å². The van der Waals surface area contributed by atoms with Gasteiger partial charge < -0.3 is 4.90 Å². The monoisotopic (exact) mass is 385 g/mol. The maximum atomic E-state index is 13.6. The van der Waals surface area contributed by atoms with Gasteiger partial charge in [0, 0.05) is 13.1 Å². The third-order valence-electron chi connectivity index (χ3n) is 4.12. The van der Waals surface area contributed by atoms with Gasteiger partial charge in [0.1, 0.15) is 11.1 Å². The molecule has 0 aliphatic rings. The van der Waals surface area contributed by atoms with Gasteiger partial charge in [0.15, 0.2) is 0 Å². The second kappa shape index (κ2) is 8.77. The standard InChI is InChI=1S/C19H20FN5OS/c1-3-24(4-2)18(26)17(14-9-6-5-7-10-14)27-19-21-22-23-25(19)16-12-8-11-15(20)13-16/h5-13,17H,3-4H2,1-2H3. The first-order valence-corrected chi connectivity index (χ1v) is 9.56. The summed E-state index contributed by atoms with van der Waals surface area (Å²) in [5.74, 6) is -0.386. The number of carbonyl (C=O) groups excluding carboxylic acids is 1. The minimum Gasteiger partial charge on any atom is -0.342 e. The van der Waals surface area contributed by atoms with E-state index in [9.17, 15) is 9.18 Å². The molecule has 0 radical (unpaired) electrons. The van der Waals surface area contributed by atoms with Crippen molar-refractivity contribution in [1.82, 2.24) is 25.1 Å². The Labute approximate surface area is 161 Å². The fourth-order valence-corrected chi connectivity index (χ4v) is 3.80. The Bertz CT molecular complexity index is 898. The van der Waals surface area contributed by atoms with Gasteiger partial charge in [-0.25, -0.2) is 4.39 Å². The van der Waals surface area contributed by atoms with Gasteiger partial charge in [-0.15, -0.1) is 5.10 Å². The molecule has 140 valence electrons. The van der Waals surface area contributed by atoms with E-state index in [1.165, 1.54) is 28.6 Å². The first kappa shape index (κ1) is 19.0. The molecule has 0 saturated carbocycles. The molecule has 1 atom stereocenters. The molecule has 3 aromatic rings. The lowest BCUT2D eigenvalue weighted by Gasteiger charge is -2.24. The van der Waals surface area contributed by atoms with Gasteiger partial charge >= 0.3 is 0 Å². The van der Waals surface area contributed by atoms with Gasteiger partial charge in [0.25, 0.3) is 0 Å². The number of aromatic nitrogens is 4. The predicted octanol–water partition coefficient (Wildman–Crippen LogP) is 3.50. The van der Waals surface area contributed by atoms with Gasteiger partial charge in [0.2, 0.25) is 11.1 Å². The molecule has 0 aliphatic carbocycles. The van der Waals surface area contributed by atoms with Gasteiger partial charge in [0.05, 0.1) is 5.69 Å². The minimum absolute atomic E-state index is 0.00927. The summed E-state index contributed by atoms with van der Waals surface area (Å²) >= 11 is 1.26. The van der Waals surface area contributed by atoms with Crippen molar-refractivity contribution in [1.29, 1.82) is 0 Å². The summed E-state index contributed by atoms with van der Waals surface area (Å²) in [5.41, 5.74) is 1.37. The lowest BCUT2D eigenvalue weighted by Crippen LogP contribution is -2.34. The molecule has 0 aliphatic heterocycles. The number of halogens is 1. The fourth-order valence-electron chi connectivity index (χ4n) is 2.72. The minimum atomic E-state index is -0.496. The largest absolute Gasteiger partial charge is 0.342 e. The molecule has 0 saturated heterocycles. The zero-order valence-corrected chi connectivity index (χ0v) is 15.9. The van der Waals surface area contributed by atoms with Gasteiger partial charge in [-0.3, -0.25) is 4.79 Å². The average Bonchev–Trinajstić information content (AvgIpc) is 3.16. The number of nitrogens with zero attached hydrogens (tertiary/aromatic N) is 5.